The molecule has 3 N–H and O–H groups in total. The van der Waals surface area contributed by atoms with Gasteiger partial charge in [-0.1, -0.05) is 44.2 Å². The van der Waals surface area contributed by atoms with Crippen LogP contribution in [0, 0.1) is 5.92 Å². The number of nitrogens with one attached hydrogen (secondary N) is 1. The fourth-order valence-corrected chi connectivity index (χ4v) is 2.52. The van der Waals surface area contributed by atoms with Gasteiger partial charge in [0.2, 0.25) is 0 Å². The van der Waals surface area contributed by atoms with Gasteiger partial charge in [-0.3, -0.25) is 0 Å². The van der Waals surface area contributed by atoms with Gasteiger partial charge in [0.25, 0.3) is 0 Å². The highest BCUT2D eigenvalue weighted by Gasteiger charge is 2.25. The lowest BCUT2D eigenvalue weighted by Gasteiger charge is -2.31. The summed E-state index contributed by atoms with van der Waals surface area (Å²) in [6.45, 7) is 8.70. The fourth-order valence-electron chi connectivity index (χ4n) is 2.52. The third kappa shape index (κ3) is 7.04. The van der Waals surface area contributed by atoms with Crippen molar-refractivity contribution in [2.24, 2.45) is 11.7 Å². The summed E-state index contributed by atoms with van der Waals surface area (Å²) >= 11 is 0. The second kappa shape index (κ2) is 9.11. The quantitative estimate of drug-likeness (QED) is 0.511. The molecule has 0 fully saturated rings. The fraction of sp³-hybridized carbons (Fsp3) is 0.647. The van der Waals surface area contributed by atoms with Gasteiger partial charge >= 0.3 is 0 Å². The standard InChI is InChI=1S/C17H30N2O/c1-4-20-17(18,13-15(2)3)14-19-12-8-11-16-9-6-5-7-10-16/h5-7,9-10,15,19H,4,8,11-14,18H2,1-3H3. The minimum atomic E-state index is -0.532. The average molecular weight is 278 g/mol. The molecule has 0 aliphatic rings. The molecule has 0 aliphatic carbocycles. The highest BCUT2D eigenvalue weighted by Crippen LogP contribution is 2.15. The molecule has 0 radical (unpaired) electrons. The first kappa shape index (κ1) is 17.2. The first-order valence-electron chi connectivity index (χ1n) is 7.73. The maximum atomic E-state index is 6.32. The number of rotatable bonds is 10. The van der Waals surface area contributed by atoms with E-state index >= 15 is 0 Å². The molecule has 1 aromatic carbocycles. The monoisotopic (exact) mass is 278 g/mol. The Kier molecular flexibility index (Phi) is 7.82. The van der Waals surface area contributed by atoms with Crippen molar-refractivity contribution in [2.75, 3.05) is 19.7 Å². The topological polar surface area (TPSA) is 47.3 Å². The molecule has 0 saturated heterocycles. The van der Waals surface area contributed by atoms with Crippen molar-refractivity contribution in [3.05, 3.63) is 35.9 Å². The minimum absolute atomic E-state index is 0.532. The van der Waals surface area contributed by atoms with E-state index in [1.165, 1.54) is 5.56 Å². The Bertz CT molecular complexity index is 353. The van der Waals surface area contributed by atoms with Gasteiger partial charge in [0.05, 0.1) is 0 Å². The lowest BCUT2D eigenvalue weighted by molar-refractivity contribution is -0.0473. The number of hydrogen-bond donors (Lipinski definition) is 2. The summed E-state index contributed by atoms with van der Waals surface area (Å²) in [6, 6.07) is 10.6. The van der Waals surface area contributed by atoms with Gasteiger partial charge in [0, 0.05) is 13.2 Å². The zero-order chi connectivity index (χ0) is 14.8. The van der Waals surface area contributed by atoms with Crippen molar-refractivity contribution in [2.45, 2.75) is 45.8 Å². The second-order valence-electron chi connectivity index (χ2n) is 5.86. The molecule has 1 rings (SSSR count). The van der Waals surface area contributed by atoms with Gasteiger partial charge in [0.15, 0.2) is 0 Å². The molecular weight excluding hydrogens is 248 g/mol. The second-order valence-corrected chi connectivity index (χ2v) is 5.86. The number of aryl methyl sites for hydroxylation is 1. The number of ether oxygens (including phenoxy) is 1. The first-order valence-corrected chi connectivity index (χ1v) is 7.73. The van der Waals surface area contributed by atoms with E-state index in [0.717, 1.165) is 25.8 Å². The van der Waals surface area contributed by atoms with Gasteiger partial charge in [-0.15, -0.1) is 0 Å². The molecule has 3 heteroatoms. The Balaban J connectivity index is 2.23. The largest absolute Gasteiger partial charge is 0.360 e. The van der Waals surface area contributed by atoms with E-state index in [9.17, 15) is 0 Å². The normalized spacial score (nSPS) is 14.4. The van der Waals surface area contributed by atoms with Gasteiger partial charge < -0.3 is 15.8 Å². The summed E-state index contributed by atoms with van der Waals surface area (Å²) in [7, 11) is 0. The lowest BCUT2D eigenvalue weighted by Crippen LogP contribution is -2.52. The maximum absolute atomic E-state index is 6.32. The Labute approximate surface area is 123 Å². The molecule has 0 bridgehead atoms. The lowest BCUT2D eigenvalue weighted by atomic mass is 10.0. The van der Waals surface area contributed by atoms with Crippen LogP contribution in [0.15, 0.2) is 30.3 Å². The number of hydrogen-bond acceptors (Lipinski definition) is 3. The van der Waals surface area contributed by atoms with Gasteiger partial charge in [-0.05, 0) is 44.2 Å². The van der Waals surface area contributed by atoms with Gasteiger partial charge in [-0.25, -0.2) is 0 Å². The van der Waals surface area contributed by atoms with Crippen LogP contribution in [0.1, 0.15) is 39.2 Å². The van der Waals surface area contributed by atoms with Gasteiger partial charge in [0.1, 0.15) is 5.72 Å². The highest BCUT2D eigenvalue weighted by molar-refractivity contribution is 5.14. The van der Waals surface area contributed by atoms with Crippen LogP contribution in [0.4, 0.5) is 0 Å². The van der Waals surface area contributed by atoms with E-state index in [0.29, 0.717) is 19.1 Å². The molecule has 1 unspecified atom stereocenters. The zero-order valence-corrected chi connectivity index (χ0v) is 13.2. The van der Waals surface area contributed by atoms with E-state index in [4.69, 9.17) is 10.5 Å². The van der Waals surface area contributed by atoms with Crippen molar-refractivity contribution >= 4 is 0 Å². The highest BCUT2D eigenvalue weighted by atomic mass is 16.5. The van der Waals surface area contributed by atoms with Crippen LogP contribution in [0.2, 0.25) is 0 Å². The van der Waals surface area contributed by atoms with Crippen LogP contribution >= 0.6 is 0 Å². The zero-order valence-electron chi connectivity index (χ0n) is 13.2. The van der Waals surface area contributed by atoms with E-state index in [1.807, 2.05) is 6.92 Å². The Morgan fingerprint density at radius 2 is 1.95 bits per heavy atom. The van der Waals surface area contributed by atoms with Crippen LogP contribution in [-0.4, -0.2) is 25.4 Å². The summed E-state index contributed by atoms with van der Waals surface area (Å²) < 4.78 is 5.72. The molecule has 0 heterocycles. The predicted molar refractivity (Wildman–Crippen MR) is 85.6 cm³/mol. The summed E-state index contributed by atoms with van der Waals surface area (Å²) in [5, 5.41) is 3.44. The average Bonchev–Trinajstić information content (AvgIpc) is 2.39. The third-order valence-corrected chi connectivity index (χ3v) is 3.27. The molecule has 0 saturated carbocycles. The molecule has 1 atom stereocenters. The molecule has 20 heavy (non-hydrogen) atoms. The molecule has 0 spiro atoms. The van der Waals surface area contributed by atoms with E-state index in [1.54, 1.807) is 0 Å². The SMILES string of the molecule is CCOC(N)(CNCCCc1ccccc1)CC(C)C. The van der Waals surface area contributed by atoms with Crippen molar-refractivity contribution in [1.82, 2.24) is 5.32 Å². The van der Waals surface area contributed by atoms with Crippen molar-refractivity contribution in [1.29, 1.82) is 0 Å². The maximum Gasteiger partial charge on any atom is 0.129 e. The van der Waals surface area contributed by atoms with E-state index in [-0.39, 0.29) is 0 Å². The van der Waals surface area contributed by atoms with E-state index < -0.39 is 5.72 Å². The molecular formula is C17H30N2O. The number of nitrogens with two attached hydrogens (primary N) is 1. The first-order chi connectivity index (χ1) is 9.56. The van der Waals surface area contributed by atoms with E-state index in [2.05, 4.69) is 49.5 Å². The smallest absolute Gasteiger partial charge is 0.129 e. The Morgan fingerprint density at radius 1 is 1.25 bits per heavy atom. The third-order valence-electron chi connectivity index (χ3n) is 3.27. The van der Waals surface area contributed by atoms with Gasteiger partial charge in [-0.2, -0.15) is 0 Å². The molecule has 0 amide bonds. The van der Waals surface area contributed by atoms with Crippen LogP contribution in [0.5, 0.6) is 0 Å². The van der Waals surface area contributed by atoms with Crippen molar-refractivity contribution < 1.29 is 4.74 Å². The molecule has 114 valence electrons. The minimum Gasteiger partial charge on any atom is -0.360 e. The summed E-state index contributed by atoms with van der Waals surface area (Å²) in [5.41, 5.74) is 7.18. The van der Waals surface area contributed by atoms with Crippen molar-refractivity contribution in [3.8, 4) is 0 Å². The number of benzene rings is 1. The van der Waals surface area contributed by atoms with Crippen LogP contribution < -0.4 is 11.1 Å². The summed E-state index contributed by atoms with van der Waals surface area (Å²) in [4.78, 5) is 0. The molecule has 0 aromatic heterocycles. The van der Waals surface area contributed by atoms with Crippen LogP contribution in [0.3, 0.4) is 0 Å². The van der Waals surface area contributed by atoms with Crippen LogP contribution in [0.25, 0.3) is 0 Å². The van der Waals surface area contributed by atoms with Crippen LogP contribution in [-0.2, 0) is 11.2 Å². The Morgan fingerprint density at radius 3 is 2.55 bits per heavy atom. The summed E-state index contributed by atoms with van der Waals surface area (Å²) in [5.74, 6) is 0.540. The molecule has 3 nitrogen and oxygen atoms in total. The predicted octanol–water partition coefficient (Wildman–Crippen LogP) is 2.95. The molecule has 1 aromatic rings. The van der Waals surface area contributed by atoms with Crippen molar-refractivity contribution in [3.63, 3.8) is 0 Å². The summed E-state index contributed by atoms with van der Waals surface area (Å²) in [6.07, 6.45) is 3.10. The Hall–Kier alpha value is -0.900. The molecule has 0 aliphatic heterocycles.